The number of benzene rings is 1. The molecule has 0 atom stereocenters. The van der Waals surface area contributed by atoms with E-state index in [-0.39, 0.29) is 18.3 Å². The number of nitrogens with zero attached hydrogens (tertiary/aromatic N) is 1. The van der Waals surface area contributed by atoms with E-state index >= 15 is 0 Å². The monoisotopic (exact) mass is 325 g/mol. The third kappa shape index (κ3) is 4.17. The first kappa shape index (κ1) is 16.2. The van der Waals surface area contributed by atoms with E-state index in [4.69, 9.17) is 0 Å². The lowest BCUT2D eigenvalue weighted by Gasteiger charge is -2.26. The minimum Gasteiger partial charge on any atom is -0.350 e. The second-order valence-electron chi connectivity index (χ2n) is 5.00. The first-order chi connectivity index (χ1) is 9.83. The Hall–Kier alpha value is -1.14. The summed E-state index contributed by atoms with van der Waals surface area (Å²) < 4.78 is 1.17. The summed E-state index contributed by atoms with van der Waals surface area (Å²) in [6.45, 7) is 5.87. The quantitative estimate of drug-likeness (QED) is 0.903. The lowest BCUT2D eigenvalue weighted by Crippen LogP contribution is -2.46. The highest BCUT2D eigenvalue weighted by Crippen LogP contribution is 2.24. The Morgan fingerprint density at radius 2 is 2.05 bits per heavy atom. The van der Waals surface area contributed by atoms with E-state index in [9.17, 15) is 4.79 Å². The van der Waals surface area contributed by atoms with E-state index in [0.717, 1.165) is 43.0 Å². The standard InChI is InChI=1S/C15H19N3OS.ClH/c19-15(17-7-10-18-8-5-16-6-9-18)14-11-12-3-1-2-4-13(12)20-14;/h1-4,11,16H,5-10H2,(H,17,19);1H. The average molecular weight is 326 g/mol. The maximum absolute atomic E-state index is 12.1. The summed E-state index contributed by atoms with van der Waals surface area (Å²) in [4.78, 5) is 15.3. The van der Waals surface area contributed by atoms with Crippen molar-refractivity contribution in [1.29, 1.82) is 0 Å². The van der Waals surface area contributed by atoms with E-state index in [1.54, 1.807) is 11.3 Å². The lowest BCUT2D eigenvalue weighted by molar-refractivity contribution is 0.0951. The molecule has 0 aliphatic carbocycles. The molecule has 1 aliphatic heterocycles. The molecular formula is C15H20ClN3OS. The van der Waals surface area contributed by atoms with Gasteiger partial charge in [-0.15, -0.1) is 23.7 Å². The van der Waals surface area contributed by atoms with Crippen molar-refractivity contribution in [3.63, 3.8) is 0 Å². The summed E-state index contributed by atoms with van der Waals surface area (Å²) in [6.07, 6.45) is 0. The van der Waals surface area contributed by atoms with E-state index in [1.165, 1.54) is 4.70 Å². The average Bonchev–Trinajstić information content (AvgIpc) is 2.92. The maximum Gasteiger partial charge on any atom is 0.261 e. The Kier molecular flexibility index (Phi) is 5.99. The number of amides is 1. The number of thiophene rings is 1. The zero-order chi connectivity index (χ0) is 13.8. The van der Waals surface area contributed by atoms with Crippen molar-refractivity contribution in [3.05, 3.63) is 35.2 Å². The highest BCUT2D eigenvalue weighted by Gasteiger charge is 2.12. The summed E-state index contributed by atoms with van der Waals surface area (Å²) in [7, 11) is 0. The van der Waals surface area contributed by atoms with Crippen LogP contribution in [0.5, 0.6) is 0 Å². The molecular weight excluding hydrogens is 306 g/mol. The summed E-state index contributed by atoms with van der Waals surface area (Å²) >= 11 is 1.56. The number of carbonyl (C=O) groups is 1. The number of halogens is 1. The number of hydrogen-bond donors (Lipinski definition) is 2. The van der Waals surface area contributed by atoms with Crippen LogP contribution in [0.2, 0.25) is 0 Å². The fourth-order valence-corrected chi connectivity index (χ4v) is 3.42. The van der Waals surface area contributed by atoms with Crippen molar-refractivity contribution < 1.29 is 4.79 Å². The van der Waals surface area contributed by atoms with Crippen LogP contribution < -0.4 is 10.6 Å². The molecule has 1 fully saturated rings. The molecule has 0 spiro atoms. The minimum absolute atomic E-state index is 0. The SMILES string of the molecule is Cl.O=C(NCCN1CCNCC1)c1cc2ccccc2s1. The second kappa shape index (κ2) is 7.75. The van der Waals surface area contributed by atoms with Gasteiger partial charge in [-0.1, -0.05) is 18.2 Å². The molecule has 2 heterocycles. The van der Waals surface area contributed by atoms with Gasteiger partial charge in [0.15, 0.2) is 0 Å². The number of rotatable bonds is 4. The third-order valence-electron chi connectivity index (χ3n) is 3.57. The predicted octanol–water partition coefficient (Wildman–Crippen LogP) is 1.96. The Morgan fingerprint density at radius 1 is 1.29 bits per heavy atom. The first-order valence-corrected chi connectivity index (χ1v) is 7.84. The van der Waals surface area contributed by atoms with Crippen LogP contribution in [-0.2, 0) is 0 Å². The van der Waals surface area contributed by atoms with Crippen molar-refractivity contribution in [2.24, 2.45) is 0 Å². The fraction of sp³-hybridized carbons (Fsp3) is 0.400. The molecule has 0 bridgehead atoms. The molecule has 0 unspecified atom stereocenters. The Labute approximate surface area is 134 Å². The molecule has 1 aliphatic rings. The van der Waals surface area contributed by atoms with Gasteiger partial charge in [-0.2, -0.15) is 0 Å². The van der Waals surface area contributed by atoms with E-state index in [0.29, 0.717) is 6.54 Å². The third-order valence-corrected chi connectivity index (χ3v) is 4.69. The van der Waals surface area contributed by atoms with Gasteiger partial charge in [0, 0.05) is 44.0 Å². The van der Waals surface area contributed by atoms with Crippen LogP contribution in [0.3, 0.4) is 0 Å². The zero-order valence-corrected chi connectivity index (χ0v) is 13.4. The Balaban J connectivity index is 0.00000161. The van der Waals surface area contributed by atoms with Crippen molar-refractivity contribution >= 4 is 39.7 Å². The topological polar surface area (TPSA) is 44.4 Å². The van der Waals surface area contributed by atoms with E-state index < -0.39 is 0 Å². The molecule has 0 saturated carbocycles. The largest absolute Gasteiger partial charge is 0.350 e. The van der Waals surface area contributed by atoms with Crippen LogP contribution in [0.4, 0.5) is 0 Å². The highest BCUT2D eigenvalue weighted by molar-refractivity contribution is 7.20. The van der Waals surface area contributed by atoms with Crippen LogP contribution in [0.1, 0.15) is 9.67 Å². The van der Waals surface area contributed by atoms with Crippen LogP contribution in [0.15, 0.2) is 30.3 Å². The van der Waals surface area contributed by atoms with Gasteiger partial charge in [-0.25, -0.2) is 0 Å². The molecule has 2 N–H and O–H groups in total. The summed E-state index contributed by atoms with van der Waals surface area (Å²) in [5.74, 6) is 0.0429. The van der Waals surface area contributed by atoms with Gasteiger partial charge in [-0.3, -0.25) is 9.69 Å². The molecule has 1 aromatic heterocycles. The predicted molar refractivity (Wildman–Crippen MR) is 90.7 cm³/mol. The number of nitrogens with one attached hydrogen (secondary N) is 2. The minimum atomic E-state index is 0. The Morgan fingerprint density at radius 3 is 2.81 bits per heavy atom. The lowest BCUT2D eigenvalue weighted by atomic mass is 10.2. The fourth-order valence-electron chi connectivity index (χ4n) is 2.44. The van der Waals surface area contributed by atoms with Crippen molar-refractivity contribution in [2.45, 2.75) is 0 Å². The Bertz CT molecular complexity index is 562. The first-order valence-electron chi connectivity index (χ1n) is 7.03. The van der Waals surface area contributed by atoms with Gasteiger partial charge < -0.3 is 10.6 Å². The normalized spacial score (nSPS) is 15.6. The number of fused-ring (bicyclic) bond motifs is 1. The number of carbonyl (C=O) groups excluding carboxylic acids is 1. The molecule has 6 heteroatoms. The second-order valence-corrected chi connectivity index (χ2v) is 6.08. The molecule has 1 amide bonds. The molecule has 2 aromatic rings. The number of hydrogen-bond acceptors (Lipinski definition) is 4. The van der Waals surface area contributed by atoms with Crippen LogP contribution in [0.25, 0.3) is 10.1 Å². The molecule has 3 rings (SSSR count). The van der Waals surface area contributed by atoms with Gasteiger partial charge >= 0.3 is 0 Å². The summed E-state index contributed by atoms with van der Waals surface area (Å²) in [6, 6.07) is 10.1. The van der Waals surface area contributed by atoms with E-state index in [2.05, 4.69) is 21.6 Å². The molecule has 1 saturated heterocycles. The van der Waals surface area contributed by atoms with Gasteiger partial charge in [-0.05, 0) is 17.5 Å². The van der Waals surface area contributed by atoms with Crippen LogP contribution in [0, 0.1) is 0 Å². The zero-order valence-electron chi connectivity index (χ0n) is 11.8. The van der Waals surface area contributed by atoms with Gasteiger partial charge in [0.2, 0.25) is 0 Å². The van der Waals surface area contributed by atoms with Crippen molar-refractivity contribution in [1.82, 2.24) is 15.5 Å². The summed E-state index contributed by atoms with van der Waals surface area (Å²) in [5, 5.41) is 7.49. The smallest absolute Gasteiger partial charge is 0.261 e. The number of piperazine rings is 1. The molecule has 1 aromatic carbocycles. The van der Waals surface area contributed by atoms with E-state index in [1.807, 2.05) is 24.3 Å². The van der Waals surface area contributed by atoms with Gasteiger partial charge in [0.1, 0.15) is 0 Å². The highest BCUT2D eigenvalue weighted by atomic mass is 35.5. The molecule has 4 nitrogen and oxygen atoms in total. The molecule has 21 heavy (non-hydrogen) atoms. The van der Waals surface area contributed by atoms with Gasteiger partial charge in [0.05, 0.1) is 4.88 Å². The van der Waals surface area contributed by atoms with Crippen molar-refractivity contribution in [3.8, 4) is 0 Å². The van der Waals surface area contributed by atoms with Crippen molar-refractivity contribution in [2.75, 3.05) is 39.3 Å². The van der Waals surface area contributed by atoms with Gasteiger partial charge in [0.25, 0.3) is 5.91 Å². The molecule has 114 valence electrons. The van der Waals surface area contributed by atoms with Crippen LogP contribution in [-0.4, -0.2) is 50.1 Å². The summed E-state index contributed by atoms with van der Waals surface area (Å²) in [5.41, 5.74) is 0. The van der Waals surface area contributed by atoms with Crippen LogP contribution >= 0.6 is 23.7 Å². The maximum atomic E-state index is 12.1. The molecule has 0 radical (unpaired) electrons.